The van der Waals surface area contributed by atoms with Crippen molar-refractivity contribution in [3.05, 3.63) is 18.2 Å². The molecule has 0 unspecified atom stereocenters. The first-order valence-corrected chi connectivity index (χ1v) is 8.88. The second-order valence-corrected chi connectivity index (χ2v) is 8.22. The number of nitrogens with one attached hydrogen (secondary N) is 1. The van der Waals surface area contributed by atoms with Gasteiger partial charge in [-0.15, -0.1) is 24.8 Å². The third-order valence-corrected chi connectivity index (χ3v) is 5.32. The summed E-state index contributed by atoms with van der Waals surface area (Å²) >= 11 is 1.68. The van der Waals surface area contributed by atoms with E-state index in [9.17, 15) is 4.79 Å². The molecule has 0 saturated carbocycles. The highest BCUT2D eigenvalue weighted by atomic mass is 35.5. The van der Waals surface area contributed by atoms with Gasteiger partial charge in [-0.3, -0.25) is 4.79 Å². The second kappa shape index (κ2) is 8.54. The number of aromatic nitrogens is 1. The lowest BCUT2D eigenvalue weighted by Gasteiger charge is -2.25. The van der Waals surface area contributed by atoms with Gasteiger partial charge in [-0.25, -0.2) is 4.98 Å². The summed E-state index contributed by atoms with van der Waals surface area (Å²) in [7, 11) is 0. The van der Waals surface area contributed by atoms with E-state index in [1.165, 1.54) is 12.8 Å². The van der Waals surface area contributed by atoms with Gasteiger partial charge in [0.15, 0.2) is 5.13 Å². The molecular weight excluding hydrogens is 379 g/mol. The van der Waals surface area contributed by atoms with Crippen molar-refractivity contribution in [3.8, 4) is 0 Å². The van der Waals surface area contributed by atoms with Crippen molar-refractivity contribution in [3.63, 3.8) is 0 Å². The summed E-state index contributed by atoms with van der Waals surface area (Å²) in [6, 6.07) is 5.30. The van der Waals surface area contributed by atoms with Crippen LogP contribution in [0.1, 0.15) is 33.6 Å². The Balaban J connectivity index is 0.00000156. The molecule has 1 aromatic heterocycles. The minimum Gasteiger partial charge on any atom is -0.348 e. The molecule has 25 heavy (non-hydrogen) atoms. The number of carbonyl (C=O) groups excluding carboxylic acids is 1. The molecule has 8 heteroatoms. The highest BCUT2D eigenvalue weighted by Gasteiger charge is 2.27. The molecule has 1 amide bonds. The lowest BCUT2D eigenvalue weighted by Crippen LogP contribution is -2.45. The van der Waals surface area contributed by atoms with Crippen LogP contribution in [-0.2, 0) is 4.79 Å². The number of hydrogen-bond acceptors (Lipinski definition) is 5. The van der Waals surface area contributed by atoms with E-state index in [2.05, 4.69) is 10.2 Å². The summed E-state index contributed by atoms with van der Waals surface area (Å²) in [5.74, 6) is -0.152. The van der Waals surface area contributed by atoms with Crippen LogP contribution in [0.2, 0.25) is 0 Å². The van der Waals surface area contributed by atoms with E-state index >= 15 is 0 Å². The van der Waals surface area contributed by atoms with Crippen LogP contribution >= 0.6 is 36.2 Å². The molecule has 3 N–H and O–H groups in total. The van der Waals surface area contributed by atoms with Crippen molar-refractivity contribution >= 4 is 63.1 Å². The summed E-state index contributed by atoms with van der Waals surface area (Å²) in [4.78, 5) is 19.3. The number of carbonyl (C=O) groups is 1. The number of rotatable bonds is 3. The third-order valence-electron chi connectivity index (χ3n) is 4.24. The van der Waals surface area contributed by atoms with Gasteiger partial charge in [0.1, 0.15) is 0 Å². The van der Waals surface area contributed by atoms with Crippen LogP contribution in [0.3, 0.4) is 0 Å². The molecule has 1 atom stereocenters. The number of nitrogens with two attached hydrogens (primary N) is 1. The molecule has 1 aromatic carbocycles. The number of hydrogen-bond donors (Lipinski definition) is 2. The van der Waals surface area contributed by atoms with Gasteiger partial charge in [0, 0.05) is 18.8 Å². The number of halogens is 2. The predicted molar refractivity (Wildman–Crippen MR) is 112 cm³/mol. The molecule has 3 rings (SSSR count). The van der Waals surface area contributed by atoms with E-state index in [-0.39, 0.29) is 36.1 Å². The molecule has 0 radical (unpaired) electrons. The first-order valence-electron chi connectivity index (χ1n) is 8.06. The largest absolute Gasteiger partial charge is 0.348 e. The van der Waals surface area contributed by atoms with Crippen molar-refractivity contribution in [2.45, 2.75) is 39.7 Å². The minimum absolute atomic E-state index is 0. The fourth-order valence-corrected chi connectivity index (χ4v) is 3.70. The molecule has 2 aromatic rings. The van der Waals surface area contributed by atoms with Gasteiger partial charge in [0.05, 0.1) is 16.3 Å². The van der Waals surface area contributed by atoms with Crippen LogP contribution in [-0.4, -0.2) is 30.0 Å². The van der Waals surface area contributed by atoms with Gasteiger partial charge in [0.25, 0.3) is 0 Å². The second-order valence-electron chi connectivity index (χ2n) is 7.21. The summed E-state index contributed by atoms with van der Waals surface area (Å²) in [6.45, 7) is 8.07. The van der Waals surface area contributed by atoms with Gasteiger partial charge in [0.2, 0.25) is 5.91 Å². The fraction of sp³-hybridized carbons (Fsp3) is 0.529. The third kappa shape index (κ3) is 4.97. The molecule has 0 spiro atoms. The van der Waals surface area contributed by atoms with E-state index in [1.54, 1.807) is 11.3 Å². The molecule has 140 valence electrons. The normalized spacial score (nSPS) is 15.4. The molecule has 2 heterocycles. The molecule has 0 bridgehead atoms. The zero-order chi connectivity index (χ0) is 16.6. The molecule has 0 aliphatic carbocycles. The first-order chi connectivity index (χ1) is 10.8. The van der Waals surface area contributed by atoms with Crippen LogP contribution in [0.15, 0.2) is 18.2 Å². The Morgan fingerprint density at radius 1 is 1.28 bits per heavy atom. The Bertz CT molecular complexity index is 723. The maximum Gasteiger partial charge on any atom is 0.241 e. The molecule has 1 saturated heterocycles. The average Bonchev–Trinajstić information content (AvgIpc) is 3.13. The van der Waals surface area contributed by atoms with Crippen LogP contribution in [0.4, 0.5) is 10.8 Å². The van der Waals surface area contributed by atoms with Crippen LogP contribution in [0.25, 0.3) is 10.2 Å². The number of thiazole rings is 1. The average molecular weight is 405 g/mol. The SMILES string of the molecule is CC(C)(C)[C@H](N)C(=O)Nc1ccc2nc(N3CCCC3)sc2c1.Cl.Cl. The molecule has 5 nitrogen and oxygen atoms in total. The molecular formula is C17H26Cl2N4OS. The highest BCUT2D eigenvalue weighted by molar-refractivity contribution is 7.22. The van der Waals surface area contributed by atoms with E-state index in [1.807, 2.05) is 39.0 Å². The highest BCUT2D eigenvalue weighted by Crippen LogP contribution is 2.32. The van der Waals surface area contributed by atoms with E-state index in [0.717, 1.165) is 34.1 Å². The zero-order valence-electron chi connectivity index (χ0n) is 14.7. The van der Waals surface area contributed by atoms with Crippen LogP contribution in [0.5, 0.6) is 0 Å². The van der Waals surface area contributed by atoms with Crippen molar-refractivity contribution in [2.24, 2.45) is 11.1 Å². The molecule has 1 aliphatic rings. The Hall–Kier alpha value is -1.08. The number of anilines is 2. The number of nitrogens with zero attached hydrogens (tertiary/aromatic N) is 2. The quantitative estimate of drug-likeness (QED) is 0.808. The lowest BCUT2D eigenvalue weighted by atomic mass is 9.87. The van der Waals surface area contributed by atoms with Crippen molar-refractivity contribution in [2.75, 3.05) is 23.3 Å². The first kappa shape index (κ1) is 22.0. The number of fused-ring (bicyclic) bond motifs is 1. The van der Waals surface area contributed by atoms with E-state index < -0.39 is 6.04 Å². The maximum absolute atomic E-state index is 12.3. The Morgan fingerprint density at radius 2 is 1.92 bits per heavy atom. The lowest BCUT2D eigenvalue weighted by molar-refractivity contribution is -0.119. The van der Waals surface area contributed by atoms with E-state index in [0.29, 0.717) is 0 Å². The Morgan fingerprint density at radius 3 is 2.52 bits per heavy atom. The standard InChI is InChI=1S/C17H24N4OS.2ClH/c1-17(2,3)14(18)15(22)19-11-6-7-12-13(10-11)23-16(20-12)21-8-4-5-9-21;;/h6-7,10,14H,4-5,8-9,18H2,1-3H3,(H,19,22);2*1H/t14-;;/m1../s1. The monoisotopic (exact) mass is 404 g/mol. The Kier molecular flexibility index (Phi) is 7.50. The topological polar surface area (TPSA) is 71.2 Å². The summed E-state index contributed by atoms with van der Waals surface area (Å²) in [6.07, 6.45) is 2.48. The molecule has 1 fully saturated rings. The van der Waals surface area contributed by atoms with Gasteiger partial charge in [-0.05, 0) is 36.5 Å². The van der Waals surface area contributed by atoms with Gasteiger partial charge in [-0.1, -0.05) is 32.1 Å². The Labute approximate surface area is 165 Å². The predicted octanol–water partition coefficient (Wildman–Crippen LogP) is 4.05. The maximum atomic E-state index is 12.3. The molecule has 1 aliphatic heterocycles. The van der Waals surface area contributed by atoms with Crippen molar-refractivity contribution < 1.29 is 4.79 Å². The van der Waals surface area contributed by atoms with Gasteiger partial charge < -0.3 is 16.0 Å². The zero-order valence-corrected chi connectivity index (χ0v) is 17.2. The van der Waals surface area contributed by atoms with Crippen LogP contribution in [0, 0.1) is 5.41 Å². The van der Waals surface area contributed by atoms with Gasteiger partial charge in [-0.2, -0.15) is 0 Å². The summed E-state index contributed by atoms with van der Waals surface area (Å²) in [5.41, 5.74) is 7.51. The summed E-state index contributed by atoms with van der Waals surface area (Å²) < 4.78 is 1.09. The number of benzene rings is 1. The van der Waals surface area contributed by atoms with Gasteiger partial charge >= 0.3 is 0 Å². The smallest absolute Gasteiger partial charge is 0.241 e. The summed E-state index contributed by atoms with van der Waals surface area (Å²) in [5, 5.41) is 4.00. The minimum atomic E-state index is -0.542. The van der Waals surface area contributed by atoms with Crippen molar-refractivity contribution in [1.82, 2.24) is 4.98 Å². The van der Waals surface area contributed by atoms with E-state index in [4.69, 9.17) is 10.7 Å². The van der Waals surface area contributed by atoms with Crippen LogP contribution < -0.4 is 16.0 Å². The van der Waals surface area contributed by atoms with Crippen molar-refractivity contribution in [1.29, 1.82) is 0 Å². The fourth-order valence-electron chi connectivity index (χ4n) is 2.65. The number of amides is 1.